The van der Waals surface area contributed by atoms with E-state index in [9.17, 15) is 18.0 Å². The quantitative estimate of drug-likeness (QED) is 0.701. The zero-order valence-corrected chi connectivity index (χ0v) is 15.1. The van der Waals surface area contributed by atoms with Crippen molar-refractivity contribution in [1.82, 2.24) is 24.3 Å². The molecule has 0 spiro atoms. The van der Waals surface area contributed by atoms with Gasteiger partial charge in [-0.05, 0) is 39.1 Å². The van der Waals surface area contributed by atoms with E-state index in [1.165, 1.54) is 10.8 Å². The Bertz CT molecular complexity index is 1110. The van der Waals surface area contributed by atoms with Gasteiger partial charge in [-0.2, -0.15) is 18.3 Å². The largest absolute Gasteiger partial charge is 0.417 e. The number of halogens is 3. The van der Waals surface area contributed by atoms with Crippen LogP contribution in [0, 0.1) is 11.7 Å². The molecule has 0 aliphatic rings. The van der Waals surface area contributed by atoms with Crippen LogP contribution in [0.2, 0.25) is 0 Å². The Hall–Kier alpha value is -2.49. The van der Waals surface area contributed by atoms with E-state index in [2.05, 4.69) is 15.1 Å². The van der Waals surface area contributed by atoms with Crippen molar-refractivity contribution in [3.05, 3.63) is 38.6 Å². The van der Waals surface area contributed by atoms with Gasteiger partial charge in [0.1, 0.15) is 5.65 Å². The predicted octanol–water partition coefficient (Wildman–Crippen LogP) is 3.68. The van der Waals surface area contributed by atoms with Crippen molar-refractivity contribution in [2.24, 2.45) is 0 Å². The zero-order valence-electron chi connectivity index (χ0n) is 14.3. The Morgan fingerprint density at radius 2 is 1.96 bits per heavy atom. The van der Waals surface area contributed by atoms with Crippen LogP contribution < -0.4 is 5.56 Å². The molecule has 0 fully saturated rings. The summed E-state index contributed by atoms with van der Waals surface area (Å²) < 4.78 is 44.1. The Kier molecular flexibility index (Phi) is 4.47. The van der Waals surface area contributed by atoms with Crippen LogP contribution in [0.25, 0.3) is 22.3 Å². The molecule has 0 unspecified atom stereocenters. The van der Waals surface area contributed by atoms with Gasteiger partial charge in [0.05, 0.1) is 22.8 Å². The number of H-pyrrole nitrogens is 1. The monoisotopic (exact) mass is 383 g/mol. The SMILES string of the molecule is CCn1ncc(-c2cc(C(F)(F)F)c3c(=O)[nH]c(=S)n(CC)c3n2)c1C. The highest BCUT2D eigenvalue weighted by Gasteiger charge is 2.35. The fourth-order valence-corrected chi connectivity index (χ4v) is 3.25. The summed E-state index contributed by atoms with van der Waals surface area (Å²) in [4.78, 5) is 18.8. The first kappa shape index (κ1) is 18.3. The van der Waals surface area contributed by atoms with Crippen molar-refractivity contribution in [3.8, 4) is 11.3 Å². The van der Waals surface area contributed by atoms with Gasteiger partial charge >= 0.3 is 6.18 Å². The number of hydrogen-bond acceptors (Lipinski definition) is 4. The normalized spacial score (nSPS) is 12.1. The van der Waals surface area contributed by atoms with E-state index in [4.69, 9.17) is 12.2 Å². The minimum absolute atomic E-state index is 0.0312. The number of aromatic nitrogens is 5. The maximum atomic E-state index is 13.7. The average Bonchev–Trinajstić information content (AvgIpc) is 2.94. The summed E-state index contributed by atoms with van der Waals surface area (Å²) >= 11 is 5.08. The predicted molar refractivity (Wildman–Crippen MR) is 93.5 cm³/mol. The molecule has 6 nitrogen and oxygen atoms in total. The van der Waals surface area contributed by atoms with Gasteiger partial charge in [-0.25, -0.2) is 4.98 Å². The van der Waals surface area contributed by atoms with Gasteiger partial charge in [-0.1, -0.05) is 0 Å². The number of pyridine rings is 1. The van der Waals surface area contributed by atoms with Crippen LogP contribution in [-0.4, -0.2) is 24.3 Å². The molecule has 0 saturated heterocycles. The molecule has 0 atom stereocenters. The molecule has 0 radical (unpaired) electrons. The molecule has 0 aromatic carbocycles. The highest BCUT2D eigenvalue weighted by Crippen LogP contribution is 2.36. The summed E-state index contributed by atoms with van der Waals surface area (Å²) in [5.41, 5.74) is -0.757. The fraction of sp³-hybridized carbons (Fsp3) is 0.375. The highest BCUT2D eigenvalue weighted by molar-refractivity contribution is 7.71. The van der Waals surface area contributed by atoms with E-state index in [0.717, 1.165) is 6.07 Å². The first-order valence-corrected chi connectivity index (χ1v) is 8.37. The van der Waals surface area contributed by atoms with Crippen molar-refractivity contribution in [1.29, 1.82) is 0 Å². The van der Waals surface area contributed by atoms with E-state index >= 15 is 0 Å². The summed E-state index contributed by atoms with van der Waals surface area (Å²) in [6, 6.07) is 0.893. The molecule has 3 heterocycles. The molecule has 26 heavy (non-hydrogen) atoms. The molecule has 3 rings (SSSR count). The minimum atomic E-state index is -4.72. The van der Waals surface area contributed by atoms with Gasteiger partial charge in [0.2, 0.25) is 0 Å². The average molecular weight is 383 g/mol. The van der Waals surface area contributed by atoms with Crippen molar-refractivity contribution < 1.29 is 13.2 Å². The number of alkyl halides is 3. The Balaban J connectivity index is 2.49. The molecule has 1 N–H and O–H groups in total. The molecule has 0 saturated carbocycles. The number of rotatable bonds is 3. The molecule has 0 aliphatic carbocycles. The second-order valence-electron chi connectivity index (χ2n) is 5.71. The molecular formula is C16H16F3N5OS. The lowest BCUT2D eigenvalue weighted by Crippen LogP contribution is -2.20. The van der Waals surface area contributed by atoms with Gasteiger partial charge in [0.15, 0.2) is 4.77 Å². The second kappa shape index (κ2) is 6.35. The number of hydrogen-bond donors (Lipinski definition) is 1. The lowest BCUT2D eigenvalue weighted by atomic mass is 10.1. The van der Waals surface area contributed by atoms with Gasteiger partial charge in [0.25, 0.3) is 5.56 Å². The lowest BCUT2D eigenvalue weighted by Gasteiger charge is -2.15. The molecule has 0 bridgehead atoms. The van der Waals surface area contributed by atoms with Gasteiger partial charge in [-0.3, -0.25) is 14.5 Å². The van der Waals surface area contributed by atoms with Crippen molar-refractivity contribution in [2.75, 3.05) is 0 Å². The van der Waals surface area contributed by atoms with Crippen LogP contribution in [-0.2, 0) is 19.3 Å². The molecule has 0 aliphatic heterocycles. The van der Waals surface area contributed by atoms with Gasteiger partial charge in [0, 0.05) is 24.3 Å². The summed E-state index contributed by atoms with van der Waals surface area (Å²) in [7, 11) is 0. The van der Waals surface area contributed by atoms with Crippen molar-refractivity contribution >= 4 is 23.3 Å². The summed E-state index contributed by atoms with van der Waals surface area (Å²) in [6.45, 7) is 6.21. The van der Waals surface area contributed by atoms with E-state index < -0.39 is 22.7 Å². The minimum Gasteiger partial charge on any atom is -0.303 e. The molecule has 138 valence electrons. The number of nitrogens with zero attached hydrogens (tertiary/aromatic N) is 4. The molecule has 10 heteroatoms. The van der Waals surface area contributed by atoms with Crippen LogP contribution in [0.3, 0.4) is 0 Å². The van der Waals surface area contributed by atoms with Crippen LogP contribution >= 0.6 is 12.2 Å². The molecule has 0 amide bonds. The standard InChI is InChI=1S/C16H16F3N5OS/c1-4-23-13-12(14(25)22-15(23)26)10(16(17,18)19)6-11(21-13)9-7-20-24(5-2)8(9)3/h6-7H,4-5H2,1-3H3,(H,22,25,26). The summed E-state index contributed by atoms with van der Waals surface area (Å²) in [5, 5.41) is 3.64. The number of aromatic amines is 1. The van der Waals surface area contributed by atoms with Crippen molar-refractivity contribution in [3.63, 3.8) is 0 Å². The van der Waals surface area contributed by atoms with Crippen LogP contribution in [0.4, 0.5) is 13.2 Å². The number of nitrogens with one attached hydrogen (secondary N) is 1. The van der Waals surface area contributed by atoms with E-state index in [-0.39, 0.29) is 22.7 Å². The van der Waals surface area contributed by atoms with Crippen LogP contribution in [0.5, 0.6) is 0 Å². The zero-order chi connectivity index (χ0) is 19.2. The second-order valence-corrected chi connectivity index (χ2v) is 6.10. The Morgan fingerprint density at radius 1 is 1.27 bits per heavy atom. The molecular weight excluding hydrogens is 367 g/mol. The Morgan fingerprint density at radius 3 is 2.50 bits per heavy atom. The van der Waals surface area contributed by atoms with Crippen molar-refractivity contribution in [2.45, 2.75) is 40.0 Å². The fourth-order valence-electron chi connectivity index (χ4n) is 2.95. The molecule has 3 aromatic rings. The highest BCUT2D eigenvalue weighted by atomic mass is 32.1. The maximum absolute atomic E-state index is 13.7. The maximum Gasteiger partial charge on any atom is 0.417 e. The third-order valence-electron chi connectivity index (χ3n) is 4.25. The summed E-state index contributed by atoms with van der Waals surface area (Å²) in [6.07, 6.45) is -3.24. The third-order valence-corrected chi connectivity index (χ3v) is 4.57. The van der Waals surface area contributed by atoms with E-state index in [1.807, 2.05) is 6.92 Å². The van der Waals surface area contributed by atoms with Gasteiger partial charge < -0.3 is 4.57 Å². The Labute approximate surface area is 151 Å². The number of aryl methyl sites for hydroxylation is 2. The summed E-state index contributed by atoms with van der Waals surface area (Å²) in [5.74, 6) is 0. The van der Waals surface area contributed by atoms with E-state index in [1.54, 1.807) is 18.5 Å². The smallest absolute Gasteiger partial charge is 0.303 e. The van der Waals surface area contributed by atoms with E-state index in [0.29, 0.717) is 17.8 Å². The number of fused-ring (bicyclic) bond motifs is 1. The third kappa shape index (κ3) is 2.83. The molecule has 3 aromatic heterocycles. The topological polar surface area (TPSA) is 68.5 Å². The first-order chi connectivity index (χ1) is 12.2. The lowest BCUT2D eigenvalue weighted by molar-refractivity contribution is -0.136. The van der Waals surface area contributed by atoms with Gasteiger partial charge in [-0.15, -0.1) is 0 Å². The first-order valence-electron chi connectivity index (χ1n) is 7.96. The van der Waals surface area contributed by atoms with Crippen LogP contribution in [0.1, 0.15) is 25.1 Å². The van der Waals surface area contributed by atoms with Crippen LogP contribution in [0.15, 0.2) is 17.1 Å².